The van der Waals surface area contributed by atoms with Gasteiger partial charge in [-0.2, -0.15) is 0 Å². The van der Waals surface area contributed by atoms with Gasteiger partial charge in [0.1, 0.15) is 0 Å². The van der Waals surface area contributed by atoms with E-state index in [2.05, 4.69) is 113 Å². The topological polar surface area (TPSA) is 12.4 Å². The summed E-state index contributed by atoms with van der Waals surface area (Å²) in [5.41, 5.74) is 0.734. The van der Waals surface area contributed by atoms with Crippen LogP contribution in [-0.4, -0.2) is 28.9 Å². The summed E-state index contributed by atoms with van der Waals surface area (Å²) in [5, 5.41) is 2.89. The van der Waals surface area contributed by atoms with Crippen molar-refractivity contribution in [3.05, 3.63) is 81.2 Å². The Morgan fingerprint density at radius 3 is 1.25 bits per heavy atom. The van der Waals surface area contributed by atoms with E-state index in [1.54, 1.807) is 0 Å². The molecule has 0 saturated heterocycles. The minimum absolute atomic E-state index is 0. The Hall–Kier alpha value is -0.0261. The molecule has 32 heavy (non-hydrogen) atoms. The molecule has 0 spiro atoms. The Morgan fingerprint density at radius 1 is 0.719 bits per heavy atom. The van der Waals surface area contributed by atoms with E-state index in [4.69, 9.17) is 4.74 Å². The van der Waals surface area contributed by atoms with Crippen LogP contribution in [0.4, 0.5) is 0 Å². The van der Waals surface area contributed by atoms with Crippen LogP contribution in [0.3, 0.4) is 0 Å². The molecule has 0 bridgehead atoms. The van der Waals surface area contributed by atoms with Crippen LogP contribution in [0.5, 0.6) is 0 Å². The molecule has 2 aromatic carbocycles. The standard InChI is InChI=1S/C18H22NP.2C4H11Si.CH3.Sc/c1-19-20(18-14-8-9-15-18,16-10-4-2-5-11-16)17-12-6-3-7-13-17;2*1-5(2,3)4;;/h2-7,10-13,18H,8-9,14-15H2,1H3;2*1H2,2-4H3;1H3;/q;3*-1;+3. The quantitative estimate of drug-likeness (QED) is 0.221. The van der Waals surface area contributed by atoms with Gasteiger partial charge in [-0.15, -0.1) is 16.1 Å². The fourth-order valence-electron chi connectivity index (χ4n) is 3.55. The molecule has 176 valence electrons. The molecular weight excluding hydrogens is 470 g/mol. The molecule has 0 amide bonds. The van der Waals surface area contributed by atoms with Crippen LogP contribution < -0.4 is 10.6 Å². The molecule has 1 aliphatic rings. The molecule has 1 saturated carbocycles. The van der Waals surface area contributed by atoms with E-state index in [-0.39, 0.29) is 33.3 Å². The Bertz CT molecular complexity index is 707. The number of hydrogen-bond acceptors (Lipinski definition) is 1. The van der Waals surface area contributed by atoms with Crippen molar-refractivity contribution in [3.63, 3.8) is 0 Å². The Labute approximate surface area is 222 Å². The van der Waals surface area contributed by atoms with Gasteiger partial charge in [-0.05, 0) is 23.5 Å². The van der Waals surface area contributed by atoms with Crippen molar-refractivity contribution in [3.8, 4) is 0 Å². The average Bonchev–Trinajstić information content (AvgIpc) is 3.17. The molecule has 0 aromatic heterocycles. The van der Waals surface area contributed by atoms with Gasteiger partial charge in [0, 0.05) is 19.8 Å². The molecule has 0 aliphatic heterocycles. The molecule has 2 aromatic rings. The van der Waals surface area contributed by atoms with Crippen molar-refractivity contribution >= 4 is 33.8 Å². The molecule has 0 N–H and O–H groups in total. The smallest absolute Gasteiger partial charge is 0.358 e. The third-order valence-corrected chi connectivity index (χ3v) is 8.84. The van der Waals surface area contributed by atoms with Crippen LogP contribution in [-0.2, 0) is 25.8 Å². The van der Waals surface area contributed by atoms with E-state index in [1.807, 2.05) is 7.05 Å². The number of benzene rings is 2. The third kappa shape index (κ3) is 13.0. The van der Waals surface area contributed by atoms with Crippen molar-refractivity contribution in [2.45, 2.75) is 70.6 Å². The minimum atomic E-state index is -1.60. The second-order valence-corrected chi connectivity index (χ2v) is 24.4. The van der Waals surface area contributed by atoms with Crippen LogP contribution in [0.15, 0.2) is 65.4 Å². The third-order valence-electron chi connectivity index (χ3n) is 4.47. The summed E-state index contributed by atoms with van der Waals surface area (Å²) in [6, 6.07) is 22.0. The van der Waals surface area contributed by atoms with Gasteiger partial charge in [0.2, 0.25) is 0 Å². The van der Waals surface area contributed by atoms with Gasteiger partial charge in [-0.25, -0.2) is 0 Å². The molecule has 0 radical (unpaired) electrons. The van der Waals surface area contributed by atoms with E-state index in [1.165, 1.54) is 36.3 Å². The fourth-order valence-corrected chi connectivity index (χ4v) is 7.85. The van der Waals surface area contributed by atoms with Gasteiger partial charge in [0.15, 0.2) is 0 Å². The normalized spacial score (nSPS) is 13.9. The molecular formula is C27H47NPScSi2. The van der Waals surface area contributed by atoms with E-state index >= 15 is 0 Å². The first-order valence-corrected chi connectivity index (χ1v) is 20.4. The molecule has 1 fully saturated rings. The molecule has 5 heteroatoms. The first-order chi connectivity index (χ1) is 13.9. The number of nitrogens with zero attached hydrogens (tertiary/aromatic N) is 1. The van der Waals surface area contributed by atoms with Gasteiger partial charge in [0.25, 0.3) is 0 Å². The summed E-state index contributed by atoms with van der Waals surface area (Å²) in [5.74, 6) is 0. The van der Waals surface area contributed by atoms with Gasteiger partial charge < -0.3 is 20.5 Å². The van der Waals surface area contributed by atoms with Gasteiger partial charge in [-0.1, -0.05) is 113 Å². The van der Waals surface area contributed by atoms with Crippen LogP contribution in [0, 0.1) is 20.5 Å². The number of hydrogen-bond donors (Lipinski definition) is 0. The maximum atomic E-state index is 5.05. The van der Waals surface area contributed by atoms with Crippen LogP contribution in [0.2, 0.25) is 39.3 Å². The van der Waals surface area contributed by atoms with Crippen molar-refractivity contribution < 1.29 is 25.8 Å². The second-order valence-electron chi connectivity index (χ2n) is 10.6. The summed E-state index contributed by atoms with van der Waals surface area (Å²) in [4.78, 5) is 0. The summed E-state index contributed by atoms with van der Waals surface area (Å²) < 4.78 is 5.05. The van der Waals surface area contributed by atoms with Crippen LogP contribution in [0.1, 0.15) is 25.7 Å². The molecule has 0 heterocycles. The predicted octanol–water partition coefficient (Wildman–Crippen LogP) is 8.25. The molecule has 0 unspecified atom stereocenters. The van der Waals surface area contributed by atoms with Crippen LogP contribution in [0.25, 0.3) is 0 Å². The molecule has 3 rings (SSSR count). The first kappa shape index (κ1) is 34.1. The van der Waals surface area contributed by atoms with Crippen molar-refractivity contribution in [2.75, 3.05) is 7.05 Å². The van der Waals surface area contributed by atoms with E-state index in [0.29, 0.717) is 0 Å². The van der Waals surface area contributed by atoms with E-state index in [0.717, 1.165) is 5.66 Å². The van der Waals surface area contributed by atoms with Crippen LogP contribution >= 0.6 is 7.05 Å². The zero-order valence-electron chi connectivity index (χ0n) is 22.1. The summed E-state index contributed by atoms with van der Waals surface area (Å²) in [6.07, 6.45) is 5.38. The average molecular weight is 518 g/mol. The van der Waals surface area contributed by atoms with Crippen molar-refractivity contribution in [1.29, 1.82) is 0 Å². The summed E-state index contributed by atoms with van der Waals surface area (Å²) in [7, 11) is -1.29. The molecule has 1 nitrogen and oxygen atoms in total. The maximum absolute atomic E-state index is 5.05. The number of rotatable bonds is 3. The summed E-state index contributed by atoms with van der Waals surface area (Å²) in [6.45, 7) is 21.1. The monoisotopic (exact) mass is 517 g/mol. The zero-order chi connectivity index (χ0) is 22.8. The van der Waals surface area contributed by atoms with E-state index in [9.17, 15) is 0 Å². The van der Waals surface area contributed by atoms with Gasteiger partial charge >= 0.3 is 25.8 Å². The van der Waals surface area contributed by atoms with Gasteiger partial charge in [-0.3, -0.25) is 4.74 Å². The predicted molar refractivity (Wildman–Crippen MR) is 153 cm³/mol. The van der Waals surface area contributed by atoms with Gasteiger partial charge in [0.05, 0.1) is 0 Å². The Kier molecular flexibility index (Phi) is 16.9. The largest absolute Gasteiger partial charge is 3.00 e. The van der Waals surface area contributed by atoms with Crippen molar-refractivity contribution in [2.24, 2.45) is 4.74 Å². The Balaban J connectivity index is 0. The molecule has 0 atom stereocenters. The van der Waals surface area contributed by atoms with Crippen molar-refractivity contribution in [1.82, 2.24) is 0 Å². The SMILES string of the molecule is CN=P(c1ccccc1)(c1ccccc1)C1CCCC1.[CH2-][Si](C)(C)C.[CH2-][Si](C)(C)C.[CH3-].[Sc+3]. The summed E-state index contributed by atoms with van der Waals surface area (Å²) >= 11 is 0. The molecule has 1 aliphatic carbocycles. The van der Waals surface area contributed by atoms with E-state index < -0.39 is 23.2 Å². The maximum Gasteiger partial charge on any atom is 3.00 e. The fraction of sp³-hybridized carbons (Fsp3) is 0.444. The Morgan fingerprint density at radius 2 is 1.00 bits per heavy atom. The minimum Gasteiger partial charge on any atom is -0.358 e. The zero-order valence-corrected chi connectivity index (χ0v) is 26.8. The second kappa shape index (κ2) is 15.8. The first-order valence-electron chi connectivity index (χ1n) is 11.2.